The van der Waals surface area contributed by atoms with Crippen LogP contribution in [0.3, 0.4) is 0 Å². The molecule has 1 aliphatic rings. The third kappa shape index (κ3) is 1.75. The predicted molar refractivity (Wildman–Crippen MR) is 71.3 cm³/mol. The summed E-state index contributed by atoms with van der Waals surface area (Å²) in [5.74, 6) is 0.102. The van der Waals surface area contributed by atoms with Crippen LogP contribution in [0.5, 0.6) is 0 Å². The Bertz CT molecular complexity index is 604. The van der Waals surface area contributed by atoms with E-state index in [0.717, 1.165) is 17.7 Å². The summed E-state index contributed by atoms with van der Waals surface area (Å²) in [7, 11) is 0. The van der Waals surface area contributed by atoms with Crippen LogP contribution in [0.1, 0.15) is 33.1 Å². The van der Waals surface area contributed by atoms with Crippen molar-refractivity contribution >= 4 is 5.78 Å². The quantitative estimate of drug-likeness (QED) is 0.812. The highest BCUT2D eigenvalue weighted by Crippen LogP contribution is 2.28. The summed E-state index contributed by atoms with van der Waals surface area (Å²) < 4.78 is 0. The van der Waals surface area contributed by atoms with Crippen LogP contribution in [0.4, 0.5) is 0 Å². The Kier molecular flexibility index (Phi) is 2.73. The van der Waals surface area contributed by atoms with Crippen molar-refractivity contribution in [1.82, 2.24) is 5.32 Å². The fraction of sp³-hybridized carbons (Fsp3) is 0.125. The van der Waals surface area contributed by atoms with Gasteiger partial charge in [0.25, 0.3) is 0 Å². The molecule has 18 heavy (non-hydrogen) atoms. The molecule has 2 aromatic rings. The first-order chi connectivity index (χ1) is 8.77. The van der Waals surface area contributed by atoms with Crippen LogP contribution >= 0.6 is 0 Å². The first kappa shape index (κ1) is 11.2. The minimum absolute atomic E-state index is 0.102. The average molecular weight is 236 g/mol. The van der Waals surface area contributed by atoms with E-state index in [1.165, 1.54) is 5.56 Å². The summed E-state index contributed by atoms with van der Waals surface area (Å²) in [6, 6.07) is 15.3. The molecule has 3 rings (SSSR count). The summed E-state index contributed by atoms with van der Waals surface area (Å²) in [4.78, 5) is 12.5. The highest BCUT2D eigenvalue weighted by Gasteiger charge is 2.28. The molecule has 0 aliphatic carbocycles. The van der Waals surface area contributed by atoms with Crippen LogP contribution in [0, 0.1) is 6.92 Å². The second-order valence-corrected chi connectivity index (χ2v) is 4.53. The normalized spacial score (nSPS) is 17.5. The first-order valence-electron chi connectivity index (χ1n) is 6.04. The largest absolute Gasteiger partial charge is 0.299 e. The van der Waals surface area contributed by atoms with Crippen molar-refractivity contribution in [3.63, 3.8) is 0 Å². The van der Waals surface area contributed by atoms with Crippen LogP contribution in [0.25, 0.3) is 0 Å². The molecule has 1 N–H and O–H groups in total. The smallest absolute Gasteiger partial charge is 0.184 e. The SMILES string of the molecule is [CH2]c1ccccc1C(=O)C1NCc2ccccc21. The van der Waals surface area contributed by atoms with E-state index in [1.807, 2.05) is 42.5 Å². The zero-order valence-electron chi connectivity index (χ0n) is 10.0. The van der Waals surface area contributed by atoms with Crippen LogP contribution in [-0.4, -0.2) is 5.78 Å². The molecule has 1 radical (unpaired) electrons. The van der Waals surface area contributed by atoms with E-state index in [0.29, 0.717) is 5.56 Å². The summed E-state index contributed by atoms with van der Waals surface area (Å²) in [6.07, 6.45) is 0. The van der Waals surface area contributed by atoms with Crippen molar-refractivity contribution < 1.29 is 4.79 Å². The Hall–Kier alpha value is -1.93. The van der Waals surface area contributed by atoms with Gasteiger partial charge in [-0.2, -0.15) is 0 Å². The van der Waals surface area contributed by atoms with Gasteiger partial charge < -0.3 is 0 Å². The molecule has 1 aliphatic heterocycles. The van der Waals surface area contributed by atoms with Gasteiger partial charge >= 0.3 is 0 Å². The van der Waals surface area contributed by atoms with E-state index in [4.69, 9.17) is 0 Å². The maximum absolute atomic E-state index is 12.5. The number of benzene rings is 2. The second kappa shape index (κ2) is 4.39. The van der Waals surface area contributed by atoms with E-state index < -0.39 is 0 Å². The zero-order chi connectivity index (χ0) is 12.5. The highest BCUT2D eigenvalue weighted by atomic mass is 16.1. The molecule has 89 valence electrons. The molecule has 0 fully saturated rings. The van der Waals surface area contributed by atoms with Crippen molar-refractivity contribution in [2.45, 2.75) is 12.6 Å². The van der Waals surface area contributed by atoms with Gasteiger partial charge in [0.05, 0.1) is 6.04 Å². The molecule has 0 aromatic heterocycles. The summed E-state index contributed by atoms with van der Waals surface area (Å²) in [5.41, 5.74) is 3.78. The van der Waals surface area contributed by atoms with Crippen LogP contribution in [0.2, 0.25) is 0 Å². The molecule has 0 spiro atoms. The van der Waals surface area contributed by atoms with Gasteiger partial charge in [-0.1, -0.05) is 48.5 Å². The Balaban J connectivity index is 1.99. The third-order valence-corrected chi connectivity index (χ3v) is 3.41. The molecular formula is C16H14NO. The minimum Gasteiger partial charge on any atom is -0.299 e. The lowest BCUT2D eigenvalue weighted by Crippen LogP contribution is -2.22. The van der Waals surface area contributed by atoms with Gasteiger partial charge in [-0.15, -0.1) is 0 Å². The van der Waals surface area contributed by atoms with E-state index in [1.54, 1.807) is 0 Å². The van der Waals surface area contributed by atoms with Gasteiger partial charge in [0.2, 0.25) is 0 Å². The predicted octanol–water partition coefficient (Wildman–Crippen LogP) is 2.90. The molecule has 1 heterocycles. The minimum atomic E-state index is -0.232. The van der Waals surface area contributed by atoms with Crippen LogP contribution < -0.4 is 5.32 Å². The molecule has 0 amide bonds. The van der Waals surface area contributed by atoms with Gasteiger partial charge in [-0.3, -0.25) is 10.1 Å². The fourth-order valence-electron chi connectivity index (χ4n) is 2.45. The van der Waals surface area contributed by atoms with Gasteiger partial charge in [0.1, 0.15) is 0 Å². The maximum Gasteiger partial charge on any atom is 0.184 e. The summed E-state index contributed by atoms with van der Waals surface area (Å²) in [5, 5.41) is 3.27. The van der Waals surface area contributed by atoms with Gasteiger partial charge in [-0.25, -0.2) is 0 Å². The van der Waals surface area contributed by atoms with Crippen molar-refractivity contribution in [1.29, 1.82) is 0 Å². The topological polar surface area (TPSA) is 29.1 Å². The molecular weight excluding hydrogens is 222 g/mol. The number of Topliss-reactive ketones (excluding diaryl/α,β-unsaturated/α-hetero) is 1. The van der Waals surface area contributed by atoms with Crippen LogP contribution in [0.15, 0.2) is 48.5 Å². The number of carbonyl (C=O) groups is 1. The molecule has 2 aromatic carbocycles. The lowest BCUT2D eigenvalue weighted by molar-refractivity contribution is 0.0948. The monoisotopic (exact) mass is 236 g/mol. The molecule has 0 saturated heterocycles. The number of carbonyl (C=O) groups excluding carboxylic acids is 1. The van der Waals surface area contributed by atoms with Crippen molar-refractivity contribution in [2.75, 3.05) is 0 Å². The molecule has 0 bridgehead atoms. The van der Waals surface area contributed by atoms with E-state index in [9.17, 15) is 4.79 Å². The number of nitrogens with one attached hydrogen (secondary N) is 1. The number of fused-ring (bicyclic) bond motifs is 1. The fourth-order valence-corrected chi connectivity index (χ4v) is 2.45. The van der Waals surface area contributed by atoms with Gasteiger partial charge in [0, 0.05) is 12.1 Å². The van der Waals surface area contributed by atoms with Crippen molar-refractivity contribution in [3.8, 4) is 0 Å². The molecule has 1 atom stereocenters. The molecule has 0 saturated carbocycles. The Labute approximate surface area is 107 Å². The Morgan fingerprint density at radius 3 is 2.67 bits per heavy atom. The number of hydrogen-bond acceptors (Lipinski definition) is 2. The van der Waals surface area contributed by atoms with E-state index in [-0.39, 0.29) is 11.8 Å². The lowest BCUT2D eigenvalue weighted by Gasteiger charge is -2.12. The summed E-state index contributed by atoms with van der Waals surface area (Å²) >= 11 is 0. The number of rotatable bonds is 2. The Morgan fingerprint density at radius 1 is 1.11 bits per heavy atom. The van der Waals surface area contributed by atoms with Gasteiger partial charge in [0.15, 0.2) is 5.78 Å². The van der Waals surface area contributed by atoms with Crippen molar-refractivity contribution in [3.05, 3.63) is 77.7 Å². The highest BCUT2D eigenvalue weighted by molar-refractivity contribution is 6.02. The molecule has 1 unspecified atom stereocenters. The van der Waals surface area contributed by atoms with Crippen LogP contribution in [-0.2, 0) is 6.54 Å². The average Bonchev–Trinajstić information content (AvgIpc) is 2.82. The first-order valence-corrected chi connectivity index (χ1v) is 6.04. The third-order valence-electron chi connectivity index (χ3n) is 3.41. The van der Waals surface area contributed by atoms with E-state index in [2.05, 4.69) is 18.3 Å². The number of hydrogen-bond donors (Lipinski definition) is 1. The summed E-state index contributed by atoms with van der Waals surface area (Å²) in [6.45, 7) is 4.68. The second-order valence-electron chi connectivity index (χ2n) is 4.53. The number of ketones is 1. The molecule has 2 heteroatoms. The standard InChI is InChI=1S/C16H14NO/c1-11-6-2-4-8-13(11)16(18)15-14-9-5-3-7-12(14)10-17-15/h2-9,15,17H,1,10H2. The van der Waals surface area contributed by atoms with Crippen molar-refractivity contribution in [2.24, 2.45) is 0 Å². The van der Waals surface area contributed by atoms with E-state index >= 15 is 0 Å². The Morgan fingerprint density at radius 2 is 1.83 bits per heavy atom. The maximum atomic E-state index is 12.5. The zero-order valence-corrected chi connectivity index (χ0v) is 10.0. The lowest BCUT2D eigenvalue weighted by atomic mass is 9.95. The molecule has 2 nitrogen and oxygen atoms in total. The van der Waals surface area contributed by atoms with Gasteiger partial charge in [-0.05, 0) is 23.6 Å².